The van der Waals surface area contributed by atoms with Crippen molar-refractivity contribution in [2.75, 3.05) is 19.8 Å². The fourth-order valence-electron chi connectivity index (χ4n) is 0.833. The van der Waals surface area contributed by atoms with Crippen LogP contribution in [0, 0.1) is 0 Å². The first-order valence-electron chi connectivity index (χ1n) is 4.81. The third kappa shape index (κ3) is 7.90. The summed E-state index contributed by atoms with van der Waals surface area (Å²) in [4.78, 5) is 21.9. The summed E-state index contributed by atoms with van der Waals surface area (Å²) in [6, 6.07) is 0. The number of aliphatic hydroxyl groups excluding tert-OH is 2. The van der Waals surface area contributed by atoms with Gasteiger partial charge in [0, 0.05) is 13.0 Å². The van der Waals surface area contributed by atoms with E-state index in [1.807, 2.05) is 0 Å². The van der Waals surface area contributed by atoms with Gasteiger partial charge in [0.05, 0.1) is 25.7 Å². The van der Waals surface area contributed by atoms with E-state index in [0.29, 0.717) is 6.61 Å². The van der Waals surface area contributed by atoms with Gasteiger partial charge in [-0.2, -0.15) is 0 Å². The Labute approximate surface area is 88.2 Å². The maximum absolute atomic E-state index is 11.1. The van der Waals surface area contributed by atoms with Gasteiger partial charge in [0.2, 0.25) is 5.91 Å². The Kier molecular flexibility index (Phi) is 7.57. The van der Waals surface area contributed by atoms with Crippen LogP contribution in [0.1, 0.15) is 19.8 Å². The summed E-state index contributed by atoms with van der Waals surface area (Å²) in [5.41, 5.74) is 0. The Morgan fingerprint density at radius 3 is 2.60 bits per heavy atom. The smallest absolute Gasteiger partial charge is 0.306 e. The number of hydrogen-bond donors (Lipinski definition) is 3. The van der Waals surface area contributed by atoms with Crippen molar-refractivity contribution in [2.45, 2.75) is 25.9 Å². The van der Waals surface area contributed by atoms with Gasteiger partial charge >= 0.3 is 5.97 Å². The van der Waals surface area contributed by atoms with Gasteiger partial charge in [-0.05, 0) is 6.92 Å². The molecule has 6 heteroatoms. The molecule has 0 saturated heterocycles. The highest BCUT2D eigenvalue weighted by Gasteiger charge is 2.08. The molecular formula is C9H17NO5. The van der Waals surface area contributed by atoms with Crippen LogP contribution in [0.4, 0.5) is 0 Å². The highest BCUT2D eigenvalue weighted by Crippen LogP contribution is 1.93. The lowest BCUT2D eigenvalue weighted by molar-refractivity contribution is -0.144. The summed E-state index contributed by atoms with van der Waals surface area (Å²) < 4.78 is 4.63. The zero-order valence-electron chi connectivity index (χ0n) is 8.73. The summed E-state index contributed by atoms with van der Waals surface area (Å²) in [6.07, 6.45) is -0.914. The van der Waals surface area contributed by atoms with Gasteiger partial charge < -0.3 is 20.3 Å². The first-order valence-corrected chi connectivity index (χ1v) is 4.81. The van der Waals surface area contributed by atoms with Crippen LogP contribution in [-0.4, -0.2) is 48.0 Å². The largest absolute Gasteiger partial charge is 0.466 e. The number of carbonyl (C=O) groups excluding carboxylic acids is 2. The SMILES string of the molecule is CCOC(=O)CCC(=O)NCC(O)CO. The maximum Gasteiger partial charge on any atom is 0.306 e. The molecule has 0 radical (unpaired) electrons. The summed E-state index contributed by atoms with van der Waals surface area (Å²) in [5, 5.41) is 19.7. The first-order chi connectivity index (χ1) is 7.10. The molecule has 0 aromatic heterocycles. The molecule has 0 aliphatic carbocycles. The van der Waals surface area contributed by atoms with Gasteiger partial charge in [-0.3, -0.25) is 9.59 Å². The molecule has 0 aromatic carbocycles. The molecule has 1 atom stereocenters. The lowest BCUT2D eigenvalue weighted by atomic mass is 10.3. The van der Waals surface area contributed by atoms with Gasteiger partial charge in [-0.1, -0.05) is 0 Å². The van der Waals surface area contributed by atoms with E-state index >= 15 is 0 Å². The zero-order chi connectivity index (χ0) is 11.7. The molecule has 0 heterocycles. The van der Waals surface area contributed by atoms with Gasteiger partial charge in [0.15, 0.2) is 0 Å². The minimum atomic E-state index is -0.962. The lowest BCUT2D eigenvalue weighted by Gasteiger charge is -2.08. The van der Waals surface area contributed by atoms with Crippen LogP contribution in [-0.2, 0) is 14.3 Å². The van der Waals surface area contributed by atoms with Crippen molar-refractivity contribution in [3.63, 3.8) is 0 Å². The fraction of sp³-hybridized carbons (Fsp3) is 0.778. The second kappa shape index (κ2) is 8.19. The zero-order valence-corrected chi connectivity index (χ0v) is 8.73. The van der Waals surface area contributed by atoms with E-state index in [0.717, 1.165) is 0 Å². The Morgan fingerprint density at radius 2 is 2.07 bits per heavy atom. The third-order valence-corrected chi connectivity index (χ3v) is 1.61. The van der Waals surface area contributed by atoms with E-state index in [-0.39, 0.29) is 25.3 Å². The summed E-state index contributed by atoms with van der Waals surface area (Å²) in [5.74, 6) is -0.772. The van der Waals surface area contributed by atoms with Gasteiger partial charge in [-0.25, -0.2) is 0 Å². The number of rotatable bonds is 7. The van der Waals surface area contributed by atoms with E-state index in [1.165, 1.54) is 0 Å². The number of aliphatic hydroxyl groups is 2. The fourth-order valence-corrected chi connectivity index (χ4v) is 0.833. The third-order valence-electron chi connectivity index (χ3n) is 1.61. The van der Waals surface area contributed by atoms with E-state index in [1.54, 1.807) is 6.92 Å². The molecule has 3 N–H and O–H groups in total. The predicted octanol–water partition coefficient (Wildman–Crippen LogP) is -1.20. The topological polar surface area (TPSA) is 95.9 Å². The number of ether oxygens (including phenoxy) is 1. The summed E-state index contributed by atoms with van der Waals surface area (Å²) >= 11 is 0. The molecule has 0 bridgehead atoms. The van der Waals surface area contributed by atoms with Crippen LogP contribution in [0.5, 0.6) is 0 Å². The number of nitrogens with one attached hydrogen (secondary N) is 1. The molecule has 0 rings (SSSR count). The maximum atomic E-state index is 11.1. The quantitative estimate of drug-likeness (QED) is 0.467. The minimum Gasteiger partial charge on any atom is -0.466 e. The van der Waals surface area contributed by atoms with Crippen LogP contribution in [0.15, 0.2) is 0 Å². The second-order valence-corrected chi connectivity index (χ2v) is 2.95. The molecule has 15 heavy (non-hydrogen) atoms. The van der Waals surface area contributed by atoms with Crippen LogP contribution < -0.4 is 5.32 Å². The van der Waals surface area contributed by atoms with Gasteiger partial charge in [0.1, 0.15) is 0 Å². The molecule has 0 aliphatic heterocycles. The standard InChI is InChI=1S/C9H17NO5/c1-2-15-9(14)4-3-8(13)10-5-7(12)6-11/h7,11-12H,2-6H2,1H3,(H,10,13). The Morgan fingerprint density at radius 1 is 1.40 bits per heavy atom. The molecule has 1 amide bonds. The summed E-state index contributed by atoms with van der Waals surface area (Å²) in [7, 11) is 0. The van der Waals surface area contributed by atoms with E-state index in [4.69, 9.17) is 10.2 Å². The van der Waals surface area contributed by atoms with Crippen LogP contribution in [0.3, 0.4) is 0 Å². The summed E-state index contributed by atoms with van der Waals surface area (Å²) in [6.45, 7) is 1.57. The van der Waals surface area contributed by atoms with Crippen molar-refractivity contribution >= 4 is 11.9 Å². The monoisotopic (exact) mass is 219 g/mol. The van der Waals surface area contributed by atoms with Crippen LogP contribution in [0.2, 0.25) is 0 Å². The average Bonchev–Trinajstić information content (AvgIpc) is 2.23. The van der Waals surface area contributed by atoms with E-state index < -0.39 is 18.7 Å². The number of esters is 1. The molecule has 0 fully saturated rings. The van der Waals surface area contributed by atoms with Crippen molar-refractivity contribution in [1.29, 1.82) is 0 Å². The molecule has 88 valence electrons. The highest BCUT2D eigenvalue weighted by atomic mass is 16.5. The second-order valence-electron chi connectivity index (χ2n) is 2.95. The van der Waals surface area contributed by atoms with Gasteiger partial charge in [0.25, 0.3) is 0 Å². The van der Waals surface area contributed by atoms with Crippen molar-refractivity contribution in [2.24, 2.45) is 0 Å². The Balaban J connectivity index is 3.53. The van der Waals surface area contributed by atoms with Crippen molar-refractivity contribution < 1.29 is 24.5 Å². The van der Waals surface area contributed by atoms with Crippen molar-refractivity contribution in [1.82, 2.24) is 5.32 Å². The number of amides is 1. The lowest BCUT2D eigenvalue weighted by Crippen LogP contribution is -2.34. The van der Waals surface area contributed by atoms with Crippen LogP contribution >= 0.6 is 0 Å². The van der Waals surface area contributed by atoms with E-state index in [2.05, 4.69) is 10.1 Å². The molecule has 0 aliphatic rings. The van der Waals surface area contributed by atoms with Gasteiger partial charge in [-0.15, -0.1) is 0 Å². The molecular weight excluding hydrogens is 202 g/mol. The van der Waals surface area contributed by atoms with E-state index in [9.17, 15) is 9.59 Å². The minimum absolute atomic E-state index is 0.0157. The normalized spacial score (nSPS) is 11.9. The number of hydrogen-bond acceptors (Lipinski definition) is 5. The molecule has 0 saturated carbocycles. The molecule has 0 aromatic rings. The predicted molar refractivity (Wildman–Crippen MR) is 52.0 cm³/mol. The average molecular weight is 219 g/mol. The molecule has 0 spiro atoms. The Hall–Kier alpha value is -1.14. The van der Waals surface area contributed by atoms with Crippen molar-refractivity contribution in [3.8, 4) is 0 Å². The van der Waals surface area contributed by atoms with Crippen LogP contribution in [0.25, 0.3) is 0 Å². The Bertz CT molecular complexity index is 207. The highest BCUT2D eigenvalue weighted by molar-refractivity contribution is 5.81. The molecule has 1 unspecified atom stereocenters. The molecule has 6 nitrogen and oxygen atoms in total. The van der Waals surface area contributed by atoms with Crippen molar-refractivity contribution in [3.05, 3.63) is 0 Å². The number of carbonyl (C=O) groups is 2. The first kappa shape index (κ1) is 13.9.